The van der Waals surface area contributed by atoms with E-state index in [9.17, 15) is 9.59 Å². The van der Waals surface area contributed by atoms with Crippen LogP contribution in [0.5, 0.6) is 5.75 Å². The van der Waals surface area contributed by atoms with Crippen LogP contribution >= 0.6 is 11.6 Å². The summed E-state index contributed by atoms with van der Waals surface area (Å²) in [6.07, 6.45) is -0.577. The number of imide groups is 1. The lowest BCUT2D eigenvalue weighted by molar-refractivity contribution is -0.133. The van der Waals surface area contributed by atoms with Crippen LogP contribution in [0.1, 0.15) is 18.7 Å². The van der Waals surface area contributed by atoms with E-state index in [2.05, 4.69) is 10.2 Å². The molecule has 3 aromatic rings. The second-order valence-corrected chi connectivity index (χ2v) is 8.49. The van der Waals surface area contributed by atoms with Crippen molar-refractivity contribution in [3.63, 3.8) is 0 Å². The van der Waals surface area contributed by atoms with E-state index >= 15 is 0 Å². The van der Waals surface area contributed by atoms with Gasteiger partial charge in [-0.05, 0) is 48.9 Å². The van der Waals surface area contributed by atoms with Gasteiger partial charge in [-0.3, -0.25) is 14.3 Å². The van der Waals surface area contributed by atoms with E-state index in [4.69, 9.17) is 16.3 Å². The first-order chi connectivity index (χ1) is 15.9. The maximum atomic E-state index is 13.3. The number of carbonyl (C=O) groups is 2. The Morgan fingerprint density at radius 2 is 1.82 bits per heavy atom. The molecule has 0 N–H and O–H groups in total. The van der Waals surface area contributed by atoms with Crippen LogP contribution < -0.4 is 9.64 Å². The highest BCUT2D eigenvalue weighted by atomic mass is 35.5. The lowest BCUT2D eigenvalue weighted by atomic mass is 10.1. The Morgan fingerprint density at radius 3 is 2.52 bits per heavy atom. The Labute approximate surface area is 196 Å². The zero-order valence-corrected chi connectivity index (χ0v) is 19.2. The molecule has 9 nitrogen and oxygen atoms in total. The molecule has 0 bridgehead atoms. The minimum atomic E-state index is -0.636. The molecule has 1 aromatic heterocycles. The van der Waals surface area contributed by atoms with Crippen LogP contribution in [0.3, 0.4) is 0 Å². The fourth-order valence-electron chi connectivity index (χ4n) is 4.50. The molecule has 2 unspecified atom stereocenters. The number of hydrogen-bond donors (Lipinski definition) is 0. The average Bonchev–Trinajstić information content (AvgIpc) is 3.36. The summed E-state index contributed by atoms with van der Waals surface area (Å²) < 4.78 is 7.41. The molecule has 0 radical (unpaired) electrons. The van der Waals surface area contributed by atoms with Crippen molar-refractivity contribution in [1.29, 1.82) is 0 Å². The molecule has 5 rings (SSSR count). The molecule has 1 fully saturated rings. The van der Waals surface area contributed by atoms with Gasteiger partial charge in [0.05, 0.1) is 6.61 Å². The Morgan fingerprint density at radius 1 is 1.06 bits per heavy atom. The summed E-state index contributed by atoms with van der Waals surface area (Å²) in [5.41, 5.74) is 1.74. The number of nitrogens with zero attached hydrogens (tertiary/aromatic N) is 6. The molecule has 2 atom stereocenters. The van der Waals surface area contributed by atoms with E-state index < -0.39 is 12.2 Å². The highest BCUT2D eigenvalue weighted by Crippen LogP contribution is 2.43. The van der Waals surface area contributed by atoms with E-state index in [1.54, 1.807) is 18.0 Å². The number of hydrogen-bond acceptors (Lipinski definition) is 6. The topological polar surface area (TPSA) is 83.8 Å². The highest BCUT2D eigenvalue weighted by molar-refractivity contribution is 6.30. The van der Waals surface area contributed by atoms with E-state index in [0.29, 0.717) is 29.9 Å². The van der Waals surface area contributed by atoms with Gasteiger partial charge in [0.15, 0.2) is 11.9 Å². The molecule has 3 heterocycles. The summed E-state index contributed by atoms with van der Waals surface area (Å²) in [7, 11) is 3.19. The Hall–Kier alpha value is -3.59. The van der Waals surface area contributed by atoms with Crippen LogP contribution in [0.25, 0.3) is 11.4 Å². The molecule has 0 spiro atoms. The van der Waals surface area contributed by atoms with Crippen molar-refractivity contribution in [1.82, 2.24) is 24.6 Å². The average molecular weight is 467 g/mol. The number of aromatic nitrogens is 3. The molecule has 10 heteroatoms. The zero-order chi connectivity index (χ0) is 23.3. The number of anilines is 1. The summed E-state index contributed by atoms with van der Waals surface area (Å²) in [5, 5.41) is 9.48. The molecule has 1 saturated heterocycles. The van der Waals surface area contributed by atoms with Crippen molar-refractivity contribution in [3.8, 4) is 17.1 Å². The lowest BCUT2D eigenvalue weighted by Gasteiger charge is -2.40. The predicted molar refractivity (Wildman–Crippen MR) is 123 cm³/mol. The van der Waals surface area contributed by atoms with Gasteiger partial charge >= 0.3 is 6.03 Å². The third-order valence-electron chi connectivity index (χ3n) is 6.05. The number of urea groups is 1. The number of amides is 3. The molecule has 2 aromatic carbocycles. The lowest BCUT2D eigenvalue weighted by Crippen LogP contribution is -2.61. The molecule has 3 amide bonds. The zero-order valence-electron chi connectivity index (χ0n) is 18.5. The van der Waals surface area contributed by atoms with Gasteiger partial charge in [0, 0.05) is 31.2 Å². The van der Waals surface area contributed by atoms with E-state index in [0.717, 1.165) is 21.8 Å². The monoisotopic (exact) mass is 466 g/mol. The summed E-state index contributed by atoms with van der Waals surface area (Å²) in [4.78, 5) is 30.7. The van der Waals surface area contributed by atoms with Gasteiger partial charge in [-0.2, -0.15) is 0 Å². The first-order valence-electron chi connectivity index (χ1n) is 10.6. The minimum absolute atomic E-state index is 0.284. The van der Waals surface area contributed by atoms with E-state index in [1.165, 1.54) is 7.05 Å². The largest absolute Gasteiger partial charge is 0.494 e. The Bertz CT molecular complexity index is 1230. The molecular weight excluding hydrogens is 444 g/mol. The molecule has 2 aliphatic heterocycles. The van der Waals surface area contributed by atoms with Gasteiger partial charge in [0.1, 0.15) is 11.9 Å². The third-order valence-corrected chi connectivity index (χ3v) is 6.29. The number of halogens is 1. The number of carbonyl (C=O) groups excluding carboxylic acids is 2. The van der Waals surface area contributed by atoms with Crippen LogP contribution in [-0.4, -0.2) is 63.2 Å². The molecule has 33 heavy (non-hydrogen) atoms. The van der Waals surface area contributed by atoms with Gasteiger partial charge in [-0.1, -0.05) is 23.7 Å². The number of benzene rings is 2. The Balaban J connectivity index is 1.61. The summed E-state index contributed by atoms with van der Waals surface area (Å²) in [6.45, 7) is 2.90. The first-order valence-corrected chi connectivity index (χ1v) is 11.0. The molecular formula is C23H23ClN6O3. The third kappa shape index (κ3) is 3.39. The van der Waals surface area contributed by atoms with Crippen LogP contribution in [0.2, 0.25) is 5.02 Å². The SMILES string of the molecule is CCOc1ccc(-c2nnc3n2C2C(C(=O)N(C)C(=O)N2C)N3Cc2cccc(Cl)c2)cc1. The molecule has 0 saturated carbocycles. The smallest absolute Gasteiger partial charge is 0.327 e. The maximum Gasteiger partial charge on any atom is 0.327 e. The minimum Gasteiger partial charge on any atom is -0.494 e. The number of fused-ring (bicyclic) bond motifs is 3. The standard InChI is InChI=1S/C23H23ClN6O3/c1-4-33-17-10-8-15(9-11-17)19-25-26-22-29(13-14-6-5-7-16(24)12-14)18-20(30(19)22)27(2)23(32)28(3)21(18)31/h5-12,18,20H,4,13H2,1-3H3. The van der Waals surface area contributed by atoms with Crippen molar-refractivity contribution in [3.05, 3.63) is 59.1 Å². The normalized spacial score (nSPS) is 19.7. The quantitative estimate of drug-likeness (QED) is 0.573. The predicted octanol–water partition coefficient (Wildman–Crippen LogP) is 3.41. The molecule has 0 aliphatic carbocycles. The van der Waals surface area contributed by atoms with Crippen molar-refractivity contribution in [2.24, 2.45) is 0 Å². The number of rotatable bonds is 5. The van der Waals surface area contributed by atoms with Crippen LogP contribution in [0.15, 0.2) is 48.5 Å². The highest BCUT2D eigenvalue weighted by Gasteiger charge is 2.54. The van der Waals surface area contributed by atoms with E-state index in [1.807, 2.05) is 58.9 Å². The van der Waals surface area contributed by atoms with Crippen LogP contribution in [0.4, 0.5) is 10.7 Å². The summed E-state index contributed by atoms with van der Waals surface area (Å²) >= 11 is 6.19. The van der Waals surface area contributed by atoms with Gasteiger partial charge in [0.25, 0.3) is 5.91 Å². The van der Waals surface area contributed by atoms with Gasteiger partial charge < -0.3 is 14.5 Å². The van der Waals surface area contributed by atoms with Gasteiger partial charge in [0.2, 0.25) is 5.95 Å². The maximum absolute atomic E-state index is 13.3. The summed E-state index contributed by atoms with van der Waals surface area (Å²) in [5.74, 6) is 1.57. The molecule has 2 aliphatic rings. The van der Waals surface area contributed by atoms with Crippen LogP contribution in [0, 0.1) is 0 Å². The molecule has 170 valence electrons. The van der Waals surface area contributed by atoms with Gasteiger partial charge in [-0.15, -0.1) is 10.2 Å². The fraction of sp³-hybridized carbons (Fsp3) is 0.304. The second kappa shape index (κ2) is 8.08. The van der Waals surface area contributed by atoms with Crippen LogP contribution in [-0.2, 0) is 11.3 Å². The first kappa shape index (κ1) is 21.3. The van der Waals surface area contributed by atoms with E-state index in [-0.39, 0.29) is 11.9 Å². The van der Waals surface area contributed by atoms with Crippen molar-refractivity contribution >= 4 is 29.5 Å². The number of likely N-dealkylation sites (N-methyl/N-ethyl adjacent to an activating group) is 2. The number of ether oxygens (including phenoxy) is 1. The fourth-order valence-corrected chi connectivity index (χ4v) is 4.72. The van der Waals surface area contributed by atoms with Gasteiger partial charge in [-0.25, -0.2) is 4.79 Å². The van der Waals surface area contributed by atoms with Crippen molar-refractivity contribution in [2.75, 3.05) is 25.6 Å². The van der Waals surface area contributed by atoms with Crippen molar-refractivity contribution < 1.29 is 14.3 Å². The second-order valence-electron chi connectivity index (χ2n) is 8.06. The summed E-state index contributed by atoms with van der Waals surface area (Å²) in [6, 6.07) is 14.0. The Kier molecular flexibility index (Phi) is 5.20. The van der Waals surface area contributed by atoms with Crippen molar-refractivity contribution in [2.45, 2.75) is 25.7 Å².